The highest BCUT2D eigenvalue weighted by Gasteiger charge is 2.29. The highest BCUT2D eigenvalue weighted by molar-refractivity contribution is 7.89. The number of ether oxygens (including phenoxy) is 2. The second-order valence-corrected chi connectivity index (χ2v) is 13.0. The Morgan fingerprint density at radius 2 is 1.68 bits per heavy atom. The van der Waals surface area contributed by atoms with Crippen LogP contribution in [0, 0.1) is 5.82 Å². The summed E-state index contributed by atoms with van der Waals surface area (Å²) in [5, 5.41) is 2.91. The third-order valence-electron chi connectivity index (χ3n) is 7.35. The van der Waals surface area contributed by atoms with Crippen LogP contribution in [-0.4, -0.2) is 56.8 Å². The van der Waals surface area contributed by atoms with Crippen LogP contribution in [0.15, 0.2) is 91.1 Å². The third-order valence-corrected chi connectivity index (χ3v) is 8.20. The molecule has 0 bridgehead atoms. The van der Waals surface area contributed by atoms with Crippen LogP contribution >= 0.6 is 0 Å². The molecule has 1 aliphatic heterocycles. The Bertz CT molecular complexity index is 1660. The molecule has 2 amide bonds. The number of carbonyl (C=O) groups is 1. The van der Waals surface area contributed by atoms with Crippen LogP contribution in [0.2, 0.25) is 0 Å². The van der Waals surface area contributed by atoms with Gasteiger partial charge in [0.1, 0.15) is 5.82 Å². The van der Waals surface area contributed by atoms with Crippen molar-refractivity contribution in [2.45, 2.75) is 31.2 Å². The van der Waals surface area contributed by atoms with Gasteiger partial charge in [0.25, 0.3) is 0 Å². The van der Waals surface area contributed by atoms with Crippen LogP contribution in [0.4, 0.5) is 20.6 Å². The second-order valence-electron chi connectivity index (χ2n) is 10.8. The van der Waals surface area contributed by atoms with Crippen molar-refractivity contribution in [3.05, 3.63) is 108 Å². The van der Waals surface area contributed by atoms with Crippen molar-refractivity contribution < 1.29 is 27.1 Å². The minimum Gasteiger partial charge on any atom is -0.493 e. The zero-order valence-corrected chi connectivity index (χ0v) is 25.5. The van der Waals surface area contributed by atoms with E-state index < -0.39 is 9.84 Å². The molecule has 1 aromatic heterocycles. The molecule has 44 heavy (non-hydrogen) atoms. The number of para-hydroxylation sites is 1. The lowest BCUT2D eigenvalue weighted by molar-refractivity contribution is 0.199. The van der Waals surface area contributed by atoms with E-state index in [0.29, 0.717) is 35.2 Å². The predicted octanol–water partition coefficient (Wildman–Crippen LogP) is 6.27. The van der Waals surface area contributed by atoms with Crippen LogP contribution < -0.4 is 19.7 Å². The average molecular weight is 619 g/mol. The van der Waals surface area contributed by atoms with E-state index in [1.807, 2.05) is 36.4 Å². The molecular formula is C33H35FN4O5S. The molecule has 0 aliphatic carbocycles. The van der Waals surface area contributed by atoms with Crippen LogP contribution in [0.1, 0.15) is 24.0 Å². The SMILES string of the molecule is COc1cc(CS(C)(=O)=O)ccc1Oc1ccc(CN2CCC(N(C(=O)Nc3ccc(F)cc3)c3ccccc3)CC2)cn1. The van der Waals surface area contributed by atoms with E-state index in [2.05, 4.69) is 15.2 Å². The summed E-state index contributed by atoms with van der Waals surface area (Å²) in [6, 6.07) is 23.9. The summed E-state index contributed by atoms with van der Waals surface area (Å²) < 4.78 is 48.0. The van der Waals surface area contributed by atoms with Crippen molar-refractivity contribution >= 4 is 27.2 Å². The quantitative estimate of drug-likeness (QED) is 0.224. The smallest absolute Gasteiger partial charge is 0.326 e. The fourth-order valence-corrected chi connectivity index (χ4v) is 6.04. The number of pyridine rings is 1. The molecule has 3 aromatic carbocycles. The van der Waals surface area contributed by atoms with Gasteiger partial charge in [-0.1, -0.05) is 30.3 Å². The topological polar surface area (TPSA) is 101 Å². The monoisotopic (exact) mass is 618 g/mol. The number of rotatable bonds is 10. The van der Waals surface area contributed by atoms with E-state index in [-0.39, 0.29) is 23.6 Å². The van der Waals surface area contributed by atoms with Crippen molar-refractivity contribution in [3.63, 3.8) is 0 Å². The van der Waals surface area contributed by atoms with Gasteiger partial charge in [-0.25, -0.2) is 22.6 Å². The maximum absolute atomic E-state index is 13.4. The van der Waals surface area contributed by atoms with Gasteiger partial charge in [-0.05, 0) is 72.5 Å². The Kier molecular flexibility index (Phi) is 9.76. The number of piperidine rings is 1. The number of likely N-dealkylation sites (tertiary alicyclic amines) is 1. The zero-order chi connectivity index (χ0) is 31.1. The third kappa shape index (κ3) is 8.33. The number of nitrogens with zero attached hydrogens (tertiary/aromatic N) is 3. The summed E-state index contributed by atoms with van der Waals surface area (Å²) >= 11 is 0. The number of benzene rings is 3. The molecule has 1 saturated heterocycles. The number of methoxy groups -OCH3 is 1. The predicted molar refractivity (Wildman–Crippen MR) is 168 cm³/mol. The number of urea groups is 1. The minimum atomic E-state index is -3.17. The standard InChI is InChI=1S/C33H35FN4O5S/c1-42-31-20-24(23-44(2,40)41)8-14-30(31)43-32-15-9-25(21-35-32)22-37-18-16-29(17-19-37)38(28-6-4-3-5-7-28)33(39)36-27-12-10-26(34)11-13-27/h3-15,20-21,29H,16-19,22-23H2,1-2H3,(H,36,39). The molecule has 1 aliphatic rings. The molecule has 4 aromatic rings. The Balaban J connectivity index is 1.18. The normalized spacial score (nSPS) is 14.2. The largest absolute Gasteiger partial charge is 0.493 e. The van der Waals surface area contributed by atoms with E-state index in [1.165, 1.54) is 25.5 Å². The van der Waals surface area contributed by atoms with Crippen LogP contribution in [0.5, 0.6) is 17.4 Å². The fraction of sp³-hybridized carbons (Fsp3) is 0.273. The summed E-state index contributed by atoms with van der Waals surface area (Å²) in [6.45, 7) is 2.30. The molecule has 0 unspecified atom stereocenters. The van der Waals surface area contributed by atoms with Crippen LogP contribution in [-0.2, 0) is 22.1 Å². The number of sulfone groups is 1. The minimum absolute atomic E-state index is 0.00167. The first-order valence-corrected chi connectivity index (χ1v) is 16.3. The van der Waals surface area contributed by atoms with Crippen molar-refractivity contribution in [1.82, 2.24) is 9.88 Å². The highest BCUT2D eigenvalue weighted by Crippen LogP contribution is 2.32. The summed E-state index contributed by atoms with van der Waals surface area (Å²) in [7, 11) is -1.67. The summed E-state index contributed by atoms with van der Waals surface area (Å²) in [6.07, 6.45) is 4.54. The number of hydrogen-bond acceptors (Lipinski definition) is 7. The fourth-order valence-electron chi connectivity index (χ4n) is 5.26. The molecule has 2 heterocycles. The molecule has 11 heteroatoms. The van der Waals surface area contributed by atoms with Gasteiger partial charge in [0.2, 0.25) is 5.88 Å². The van der Waals surface area contributed by atoms with Crippen LogP contribution in [0.25, 0.3) is 0 Å². The van der Waals surface area contributed by atoms with Crippen molar-refractivity contribution in [2.24, 2.45) is 0 Å². The molecule has 9 nitrogen and oxygen atoms in total. The highest BCUT2D eigenvalue weighted by atomic mass is 32.2. The maximum atomic E-state index is 13.4. The van der Waals surface area contributed by atoms with Crippen molar-refractivity contribution in [2.75, 3.05) is 36.7 Å². The van der Waals surface area contributed by atoms with E-state index in [4.69, 9.17) is 9.47 Å². The molecule has 0 spiro atoms. The van der Waals surface area contributed by atoms with Gasteiger partial charge in [-0.15, -0.1) is 0 Å². The Morgan fingerprint density at radius 3 is 2.32 bits per heavy atom. The second kappa shape index (κ2) is 13.9. The molecule has 0 atom stereocenters. The molecular weight excluding hydrogens is 583 g/mol. The molecule has 1 fully saturated rings. The molecule has 0 saturated carbocycles. The number of halogens is 1. The lowest BCUT2D eigenvalue weighted by Crippen LogP contribution is -2.49. The number of nitrogens with one attached hydrogen (secondary N) is 1. The van der Waals surface area contributed by atoms with Crippen molar-refractivity contribution in [1.29, 1.82) is 0 Å². The van der Waals surface area contributed by atoms with Gasteiger partial charge < -0.3 is 14.8 Å². The Labute approximate surface area is 257 Å². The number of aromatic nitrogens is 1. The number of amides is 2. The lowest BCUT2D eigenvalue weighted by Gasteiger charge is -2.38. The summed E-state index contributed by atoms with van der Waals surface area (Å²) in [4.78, 5) is 22.0. The first kappa shape index (κ1) is 31.0. The van der Waals surface area contributed by atoms with Gasteiger partial charge in [0, 0.05) is 55.6 Å². The molecule has 5 rings (SSSR count). The van der Waals surface area contributed by atoms with E-state index >= 15 is 0 Å². The number of anilines is 2. The van der Waals surface area contributed by atoms with E-state index in [1.54, 1.807) is 47.5 Å². The van der Waals surface area contributed by atoms with Crippen LogP contribution in [0.3, 0.4) is 0 Å². The Morgan fingerprint density at radius 1 is 0.977 bits per heavy atom. The van der Waals surface area contributed by atoms with E-state index in [9.17, 15) is 17.6 Å². The van der Waals surface area contributed by atoms with Gasteiger partial charge >= 0.3 is 6.03 Å². The van der Waals surface area contributed by atoms with Gasteiger partial charge in [0.15, 0.2) is 21.3 Å². The van der Waals surface area contributed by atoms with E-state index in [0.717, 1.165) is 37.2 Å². The average Bonchev–Trinajstić information content (AvgIpc) is 3.01. The molecule has 230 valence electrons. The first-order valence-electron chi connectivity index (χ1n) is 14.3. The molecule has 1 N–H and O–H groups in total. The molecule has 0 radical (unpaired) electrons. The van der Waals surface area contributed by atoms with Crippen molar-refractivity contribution in [3.8, 4) is 17.4 Å². The zero-order valence-electron chi connectivity index (χ0n) is 24.6. The lowest BCUT2D eigenvalue weighted by atomic mass is 10.0. The first-order chi connectivity index (χ1) is 21.2. The number of carbonyl (C=O) groups excluding carboxylic acids is 1. The summed E-state index contributed by atoms with van der Waals surface area (Å²) in [5.74, 6) is 0.828. The van der Waals surface area contributed by atoms with Gasteiger partial charge in [0.05, 0.1) is 12.9 Å². The number of hydrogen-bond donors (Lipinski definition) is 1. The Hall–Kier alpha value is -4.48. The summed E-state index contributed by atoms with van der Waals surface area (Å²) in [5.41, 5.74) is 2.99. The van der Waals surface area contributed by atoms with Gasteiger partial charge in [-0.2, -0.15) is 0 Å². The van der Waals surface area contributed by atoms with Gasteiger partial charge in [-0.3, -0.25) is 9.80 Å². The maximum Gasteiger partial charge on any atom is 0.326 e.